The maximum absolute atomic E-state index is 12.1. The van der Waals surface area contributed by atoms with Gasteiger partial charge in [0.25, 0.3) is 0 Å². The third kappa shape index (κ3) is 4.87. The normalized spacial score (nSPS) is 13.5. The maximum atomic E-state index is 12.1. The lowest BCUT2D eigenvalue weighted by molar-refractivity contribution is -0.135. The van der Waals surface area contributed by atoms with Crippen LogP contribution in [0.5, 0.6) is 5.75 Å². The molecule has 1 atom stereocenters. The molecule has 0 aromatic heterocycles. The van der Waals surface area contributed by atoms with Gasteiger partial charge in [-0.05, 0) is 40.0 Å². The van der Waals surface area contributed by atoms with Crippen LogP contribution in [-0.4, -0.2) is 13.3 Å². The molecule has 1 nitrogen and oxygen atoms in total. The van der Waals surface area contributed by atoms with E-state index in [0.29, 0.717) is 5.75 Å². The van der Waals surface area contributed by atoms with Gasteiger partial charge >= 0.3 is 6.18 Å². The molecular formula is C11H11Br2F3O. The van der Waals surface area contributed by atoms with E-state index in [1.807, 2.05) is 0 Å². The van der Waals surface area contributed by atoms with Crippen LogP contribution in [0.1, 0.15) is 23.2 Å². The molecule has 0 saturated heterocycles. The molecule has 1 unspecified atom stereocenters. The van der Waals surface area contributed by atoms with Crippen LogP contribution in [-0.2, 0) is 0 Å². The lowest BCUT2D eigenvalue weighted by Crippen LogP contribution is -2.08. The van der Waals surface area contributed by atoms with Gasteiger partial charge in [0.2, 0.25) is 0 Å². The van der Waals surface area contributed by atoms with Crippen molar-refractivity contribution in [1.82, 2.24) is 0 Å². The SMILES string of the molecule is COc1ccc(C(Br)CCC(F)(F)F)cc1Br. The lowest BCUT2D eigenvalue weighted by Gasteiger charge is -2.13. The van der Waals surface area contributed by atoms with Gasteiger partial charge in [-0.2, -0.15) is 13.2 Å². The summed E-state index contributed by atoms with van der Waals surface area (Å²) in [7, 11) is 1.54. The molecule has 0 bridgehead atoms. The summed E-state index contributed by atoms with van der Waals surface area (Å²) in [5, 5.41) is 0. The summed E-state index contributed by atoms with van der Waals surface area (Å²) in [6.45, 7) is 0. The highest BCUT2D eigenvalue weighted by Crippen LogP contribution is 2.36. The zero-order chi connectivity index (χ0) is 13.1. The van der Waals surface area contributed by atoms with Crippen LogP contribution >= 0.6 is 31.9 Å². The van der Waals surface area contributed by atoms with Gasteiger partial charge in [-0.1, -0.05) is 22.0 Å². The first kappa shape index (κ1) is 14.8. The van der Waals surface area contributed by atoms with Crippen molar-refractivity contribution in [2.75, 3.05) is 7.11 Å². The van der Waals surface area contributed by atoms with Gasteiger partial charge in [0.05, 0.1) is 11.6 Å². The standard InChI is InChI=1S/C11H11Br2F3O/c1-17-10-3-2-7(6-9(10)13)8(12)4-5-11(14,15)16/h2-3,6,8H,4-5H2,1H3. The quantitative estimate of drug-likeness (QED) is 0.654. The van der Waals surface area contributed by atoms with Gasteiger partial charge < -0.3 is 4.74 Å². The van der Waals surface area contributed by atoms with Crippen LogP contribution in [0.4, 0.5) is 13.2 Å². The highest BCUT2D eigenvalue weighted by atomic mass is 79.9. The van der Waals surface area contributed by atoms with Crippen molar-refractivity contribution in [2.45, 2.75) is 23.8 Å². The summed E-state index contributed by atoms with van der Waals surface area (Å²) in [6, 6.07) is 5.23. The van der Waals surface area contributed by atoms with Gasteiger partial charge in [0.15, 0.2) is 0 Å². The van der Waals surface area contributed by atoms with Crippen molar-refractivity contribution >= 4 is 31.9 Å². The van der Waals surface area contributed by atoms with Gasteiger partial charge in [-0.25, -0.2) is 0 Å². The molecule has 17 heavy (non-hydrogen) atoms. The molecule has 0 fully saturated rings. The third-order valence-electron chi connectivity index (χ3n) is 2.22. The van der Waals surface area contributed by atoms with Gasteiger partial charge in [0, 0.05) is 11.2 Å². The number of benzene rings is 1. The lowest BCUT2D eigenvalue weighted by atomic mass is 10.1. The molecule has 0 saturated carbocycles. The smallest absolute Gasteiger partial charge is 0.389 e. The second-order valence-corrected chi connectivity index (χ2v) is 5.48. The molecule has 1 aromatic carbocycles. The van der Waals surface area contributed by atoms with Crippen molar-refractivity contribution in [3.05, 3.63) is 28.2 Å². The molecule has 0 radical (unpaired) electrons. The molecule has 0 aliphatic carbocycles. The molecule has 0 aliphatic rings. The molecule has 0 amide bonds. The zero-order valence-electron chi connectivity index (χ0n) is 9.02. The van der Waals surface area contributed by atoms with Crippen LogP contribution in [0.15, 0.2) is 22.7 Å². The average molecular weight is 376 g/mol. The Morgan fingerprint density at radius 3 is 2.47 bits per heavy atom. The van der Waals surface area contributed by atoms with E-state index >= 15 is 0 Å². The van der Waals surface area contributed by atoms with Gasteiger partial charge in [-0.15, -0.1) is 0 Å². The van der Waals surface area contributed by atoms with Gasteiger partial charge in [0.1, 0.15) is 5.75 Å². The Morgan fingerprint density at radius 2 is 2.00 bits per heavy atom. The largest absolute Gasteiger partial charge is 0.496 e. The first-order chi connectivity index (χ1) is 7.83. The average Bonchev–Trinajstić information content (AvgIpc) is 2.24. The minimum atomic E-state index is -4.12. The molecule has 0 aliphatic heterocycles. The Morgan fingerprint density at radius 1 is 1.35 bits per heavy atom. The van der Waals surface area contributed by atoms with Crippen molar-refractivity contribution in [3.8, 4) is 5.75 Å². The molecule has 6 heteroatoms. The number of hydrogen-bond donors (Lipinski definition) is 0. The van der Waals surface area contributed by atoms with E-state index in [1.54, 1.807) is 18.2 Å². The Kier molecular flexibility index (Phi) is 5.31. The first-order valence-corrected chi connectivity index (χ1v) is 6.58. The van der Waals surface area contributed by atoms with Gasteiger partial charge in [-0.3, -0.25) is 0 Å². The summed E-state index contributed by atoms with van der Waals surface area (Å²) in [4.78, 5) is -0.314. The molecule has 0 N–H and O–H groups in total. The Bertz CT molecular complexity index is 379. The minimum Gasteiger partial charge on any atom is -0.496 e. The number of halogens is 5. The highest BCUT2D eigenvalue weighted by Gasteiger charge is 2.28. The van der Waals surface area contributed by atoms with Crippen molar-refractivity contribution in [1.29, 1.82) is 0 Å². The second kappa shape index (κ2) is 6.09. The fourth-order valence-corrected chi connectivity index (χ4v) is 2.41. The van der Waals surface area contributed by atoms with E-state index in [9.17, 15) is 13.2 Å². The highest BCUT2D eigenvalue weighted by molar-refractivity contribution is 9.10. The van der Waals surface area contributed by atoms with E-state index < -0.39 is 12.6 Å². The van der Waals surface area contributed by atoms with E-state index in [-0.39, 0.29) is 11.2 Å². The van der Waals surface area contributed by atoms with E-state index in [4.69, 9.17) is 4.74 Å². The molecule has 1 rings (SSSR count). The summed E-state index contributed by atoms with van der Waals surface area (Å²) in [5.74, 6) is 0.657. The fourth-order valence-electron chi connectivity index (χ4n) is 1.33. The molecule has 1 aromatic rings. The zero-order valence-corrected chi connectivity index (χ0v) is 12.2. The van der Waals surface area contributed by atoms with Crippen LogP contribution in [0, 0.1) is 0 Å². The van der Waals surface area contributed by atoms with Crippen LogP contribution < -0.4 is 4.74 Å². The third-order valence-corrected chi connectivity index (χ3v) is 3.83. The fraction of sp³-hybridized carbons (Fsp3) is 0.455. The molecular weight excluding hydrogens is 365 g/mol. The molecule has 0 heterocycles. The second-order valence-electron chi connectivity index (χ2n) is 3.52. The summed E-state index contributed by atoms with van der Waals surface area (Å²) in [6.07, 6.45) is -4.90. The Hall–Kier alpha value is -0.230. The van der Waals surface area contributed by atoms with Crippen molar-refractivity contribution in [2.24, 2.45) is 0 Å². The number of alkyl halides is 4. The van der Waals surface area contributed by atoms with Crippen LogP contribution in [0.3, 0.4) is 0 Å². The van der Waals surface area contributed by atoms with E-state index in [2.05, 4.69) is 31.9 Å². The topological polar surface area (TPSA) is 9.23 Å². The molecule has 96 valence electrons. The monoisotopic (exact) mass is 374 g/mol. The minimum absolute atomic E-state index is 0.0161. The van der Waals surface area contributed by atoms with Crippen LogP contribution in [0.25, 0.3) is 0 Å². The predicted octanol–water partition coefficient (Wildman–Crippen LogP) is 5.24. The van der Waals surface area contributed by atoms with Crippen molar-refractivity contribution < 1.29 is 17.9 Å². The van der Waals surface area contributed by atoms with E-state index in [0.717, 1.165) is 10.0 Å². The van der Waals surface area contributed by atoms with E-state index in [1.165, 1.54) is 7.11 Å². The number of hydrogen-bond acceptors (Lipinski definition) is 1. The predicted molar refractivity (Wildman–Crippen MR) is 67.7 cm³/mol. The number of rotatable bonds is 4. The number of ether oxygens (including phenoxy) is 1. The summed E-state index contributed by atoms with van der Waals surface area (Å²) in [5.41, 5.74) is 0.793. The summed E-state index contributed by atoms with van der Waals surface area (Å²) < 4.78 is 42.0. The number of methoxy groups -OCH3 is 1. The maximum Gasteiger partial charge on any atom is 0.389 e. The summed E-state index contributed by atoms with van der Waals surface area (Å²) >= 11 is 6.56. The molecule has 0 spiro atoms. The Labute approximate surface area is 115 Å². The first-order valence-electron chi connectivity index (χ1n) is 4.88. The Balaban J connectivity index is 2.69. The van der Waals surface area contributed by atoms with Crippen molar-refractivity contribution in [3.63, 3.8) is 0 Å². The van der Waals surface area contributed by atoms with Crippen LogP contribution in [0.2, 0.25) is 0 Å².